The van der Waals surface area contributed by atoms with Gasteiger partial charge in [0.1, 0.15) is 0 Å². The van der Waals surface area contributed by atoms with Gasteiger partial charge in [-0.2, -0.15) is 0 Å². The number of rotatable bonds is 5. The van der Waals surface area contributed by atoms with Gasteiger partial charge in [0, 0.05) is 13.1 Å². The molecule has 0 bridgehead atoms. The van der Waals surface area contributed by atoms with E-state index in [4.69, 9.17) is 0 Å². The first kappa shape index (κ1) is 12.8. The molecular weight excluding hydrogens is 222 g/mol. The number of aliphatic hydroxyl groups is 1. The number of benzene rings is 2. The molecule has 0 atom stereocenters. The van der Waals surface area contributed by atoms with Gasteiger partial charge in [0.05, 0.1) is 0 Å². The summed E-state index contributed by atoms with van der Waals surface area (Å²) >= 11 is 0. The second-order valence-electron chi connectivity index (χ2n) is 4.37. The van der Waals surface area contributed by atoms with Crippen LogP contribution in [0.3, 0.4) is 0 Å². The quantitative estimate of drug-likeness (QED) is 0.863. The average molecular weight is 240 g/mol. The Bertz CT molecular complexity index is 412. The summed E-state index contributed by atoms with van der Waals surface area (Å²) in [5.74, 6) is 0. The van der Waals surface area contributed by atoms with Crippen molar-refractivity contribution in [1.29, 1.82) is 0 Å². The van der Waals surface area contributed by atoms with E-state index < -0.39 is 0 Å². The summed E-state index contributed by atoms with van der Waals surface area (Å²) in [6.07, 6.45) is 0.350. The van der Waals surface area contributed by atoms with Gasteiger partial charge in [0.25, 0.3) is 0 Å². The third-order valence-electron chi connectivity index (χ3n) is 2.89. The van der Waals surface area contributed by atoms with Crippen molar-refractivity contribution >= 4 is 0 Å². The normalized spacial score (nSPS) is 11.1. The van der Waals surface area contributed by atoms with Crippen molar-refractivity contribution in [3.63, 3.8) is 0 Å². The van der Waals surface area contributed by atoms with Crippen molar-refractivity contribution in [2.75, 3.05) is 0 Å². The standard InChI is InChI=1S/C16H18NO/c1-14(18)17(12-15-8-4-2-5-9-15)13-16-10-6-3-7-11-16/h2-11,18H,12-13H2,1H3. The first-order valence-electron chi connectivity index (χ1n) is 6.11. The lowest BCUT2D eigenvalue weighted by Crippen LogP contribution is -2.25. The van der Waals surface area contributed by atoms with Crippen LogP contribution in [0.5, 0.6) is 0 Å². The van der Waals surface area contributed by atoms with Crippen LogP contribution in [-0.2, 0) is 13.1 Å². The highest BCUT2D eigenvalue weighted by Crippen LogP contribution is 2.15. The molecule has 0 saturated carbocycles. The molecule has 0 amide bonds. The van der Waals surface area contributed by atoms with Crippen molar-refractivity contribution in [2.45, 2.75) is 20.0 Å². The summed E-state index contributed by atoms with van der Waals surface area (Å²) in [5.41, 5.74) is 2.39. The Morgan fingerprint density at radius 1 is 0.833 bits per heavy atom. The third kappa shape index (κ3) is 3.69. The van der Waals surface area contributed by atoms with Crippen molar-refractivity contribution in [3.8, 4) is 0 Å². The van der Waals surface area contributed by atoms with E-state index in [9.17, 15) is 5.11 Å². The highest BCUT2D eigenvalue weighted by atomic mass is 16.3. The Hall–Kier alpha value is -1.64. The van der Waals surface area contributed by atoms with Gasteiger partial charge >= 0.3 is 0 Å². The number of hydrogen-bond donors (Lipinski definition) is 1. The monoisotopic (exact) mass is 240 g/mol. The van der Waals surface area contributed by atoms with Gasteiger partial charge in [0.2, 0.25) is 0 Å². The van der Waals surface area contributed by atoms with E-state index in [0.29, 0.717) is 6.23 Å². The Morgan fingerprint density at radius 2 is 1.22 bits per heavy atom. The van der Waals surface area contributed by atoms with Crippen LogP contribution in [-0.4, -0.2) is 10.0 Å². The van der Waals surface area contributed by atoms with Crippen LogP contribution in [0.15, 0.2) is 60.7 Å². The molecule has 2 aromatic carbocycles. The summed E-state index contributed by atoms with van der Waals surface area (Å²) < 4.78 is 0. The van der Waals surface area contributed by atoms with Crippen molar-refractivity contribution < 1.29 is 5.11 Å². The maximum Gasteiger partial charge on any atom is 0.158 e. The zero-order chi connectivity index (χ0) is 12.8. The van der Waals surface area contributed by atoms with Gasteiger partial charge in [-0.15, -0.1) is 0 Å². The fourth-order valence-electron chi connectivity index (χ4n) is 1.89. The van der Waals surface area contributed by atoms with Crippen LogP contribution in [0, 0.1) is 6.23 Å². The molecule has 2 nitrogen and oxygen atoms in total. The van der Waals surface area contributed by atoms with E-state index >= 15 is 0 Å². The number of aliphatic hydroxyl groups excluding tert-OH is 1. The smallest absolute Gasteiger partial charge is 0.158 e. The Labute approximate surface area is 109 Å². The van der Waals surface area contributed by atoms with Crippen LogP contribution in [0.4, 0.5) is 0 Å². The van der Waals surface area contributed by atoms with E-state index in [1.54, 1.807) is 6.92 Å². The first-order chi connectivity index (χ1) is 8.75. The fourth-order valence-corrected chi connectivity index (χ4v) is 1.89. The van der Waals surface area contributed by atoms with E-state index in [1.807, 2.05) is 41.3 Å². The predicted molar refractivity (Wildman–Crippen MR) is 73.0 cm³/mol. The summed E-state index contributed by atoms with van der Waals surface area (Å²) in [7, 11) is 0. The predicted octanol–water partition coefficient (Wildman–Crippen LogP) is 3.57. The van der Waals surface area contributed by atoms with E-state index in [1.165, 1.54) is 11.1 Å². The molecule has 2 heteroatoms. The molecule has 2 rings (SSSR count). The minimum atomic E-state index is 0.350. The summed E-state index contributed by atoms with van der Waals surface area (Å²) in [5, 5.41) is 9.78. The average Bonchev–Trinajstić information content (AvgIpc) is 2.40. The molecule has 0 unspecified atom stereocenters. The van der Waals surface area contributed by atoms with Crippen LogP contribution in [0.1, 0.15) is 18.1 Å². The van der Waals surface area contributed by atoms with Crippen molar-refractivity contribution in [3.05, 3.63) is 78.0 Å². The highest BCUT2D eigenvalue weighted by molar-refractivity contribution is 5.17. The van der Waals surface area contributed by atoms with E-state index in [0.717, 1.165) is 13.1 Å². The molecule has 0 heterocycles. The zero-order valence-corrected chi connectivity index (χ0v) is 10.6. The first-order valence-corrected chi connectivity index (χ1v) is 6.11. The molecule has 0 aliphatic carbocycles. The van der Waals surface area contributed by atoms with Crippen molar-refractivity contribution in [1.82, 2.24) is 4.90 Å². The van der Waals surface area contributed by atoms with E-state index in [2.05, 4.69) is 24.3 Å². The molecule has 0 aromatic heterocycles. The molecule has 93 valence electrons. The maximum atomic E-state index is 9.78. The van der Waals surface area contributed by atoms with Crippen molar-refractivity contribution in [2.24, 2.45) is 0 Å². The van der Waals surface area contributed by atoms with Gasteiger partial charge in [-0.05, 0) is 18.1 Å². The largest absolute Gasteiger partial charge is 0.371 e. The van der Waals surface area contributed by atoms with Gasteiger partial charge in [0.15, 0.2) is 6.23 Å². The molecule has 0 aliphatic rings. The minimum Gasteiger partial charge on any atom is -0.371 e. The minimum absolute atomic E-state index is 0.350. The van der Waals surface area contributed by atoms with Crippen LogP contribution >= 0.6 is 0 Å². The van der Waals surface area contributed by atoms with E-state index in [-0.39, 0.29) is 0 Å². The Balaban J connectivity index is 2.05. The highest BCUT2D eigenvalue weighted by Gasteiger charge is 2.12. The number of nitrogens with zero attached hydrogens (tertiary/aromatic N) is 1. The summed E-state index contributed by atoms with van der Waals surface area (Å²) in [4.78, 5) is 1.96. The lowest BCUT2D eigenvalue weighted by atomic mass is 10.1. The Kier molecular flexibility index (Phi) is 4.51. The molecule has 0 saturated heterocycles. The van der Waals surface area contributed by atoms with Crippen LogP contribution in [0.2, 0.25) is 0 Å². The molecule has 0 aliphatic heterocycles. The van der Waals surface area contributed by atoms with Gasteiger partial charge in [-0.3, -0.25) is 4.90 Å². The molecule has 0 spiro atoms. The second-order valence-corrected chi connectivity index (χ2v) is 4.37. The summed E-state index contributed by atoms with van der Waals surface area (Å²) in [6.45, 7) is 3.17. The molecule has 0 fully saturated rings. The molecular formula is C16H18NO. The summed E-state index contributed by atoms with van der Waals surface area (Å²) in [6, 6.07) is 20.3. The fraction of sp³-hybridized carbons (Fsp3) is 0.188. The SMILES string of the molecule is C[C](O)N(Cc1ccccc1)Cc1ccccc1. The molecule has 1 N–H and O–H groups in total. The zero-order valence-electron chi connectivity index (χ0n) is 10.6. The molecule has 2 aromatic rings. The lowest BCUT2D eigenvalue weighted by molar-refractivity contribution is 0.107. The van der Waals surface area contributed by atoms with Crippen LogP contribution < -0.4 is 0 Å². The molecule has 1 radical (unpaired) electrons. The van der Waals surface area contributed by atoms with Gasteiger partial charge in [-0.25, -0.2) is 0 Å². The van der Waals surface area contributed by atoms with Gasteiger partial charge in [-0.1, -0.05) is 60.7 Å². The van der Waals surface area contributed by atoms with Gasteiger partial charge < -0.3 is 5.11 Å². The Morgan fingerprint density at radius 3 is 1.56 bits per heavy atom. The molecule has 18 heavy (non-hydrogen) atoms. The second kappa shape index (κ2) is 6.34. The number of hydrogen-bond acceptors (Lipinski definition) is 2. The topological polar surface area (TPSA) is 23.5 Å². The third-order valence-corrected chi connectivity index (χ3v) is 2.89. The van der Waals surface area contributed by atoms with Crippen LogP contribution in [0.25, 0.3) is 0 Å². The lowest BCUT2D eigenvalue weighted by Gasteiger charge is -2.24. The maximum absolute atomic E-state index is 9.78.